The Kier molecular flexibility index (Phi) is 5.73. The maximum Gasteiger partial charge on any atom is 0.288 e. The van der Waals surface area contributed by atoms with Crippen molar-refractivity contribution in [3.8, 4) is 0 Å². The average Bonchev–Trinajstić information content (AvgIpc) is 2.21. The molecule has 0 bridgehead atoms. The van der Waals surface area contributed by atoms with Gasteiger partial charge in [-0.05, 0) is 5.92 Å². The first-order chi connectivity index (χ1) is 8.07. The fraction of sp³-hybridized carbons (Fsp3) is 0.400. The van der Waals surface area contributed by atoms with Crippen molar-refractivity contribution >= 4 is 21.9 Å². The Morgan fingerprint density at radius 3 is 2.17 bits per heavy atom. The normalized spacial score (nSPS) is 11.1. The van der Waals surface area contributed by atoms with Gasteiger partial charge in [-0.2, -0.15) is 8.42 Å². The molecule has 0 aliphatic carbocycles. The molecule has 0 saturated carbocycles. The van der Waals surface area contributed by atoms with E-state index in [1.165, 1.54) is 0 Å². The highest BCUT2D eigenvalue weighted by Gasteiger charge is 2.19. The molecule has 2 amide bonds. The number of nitrogens with two attached hydrogens (primary N) is 1. The average molecular weight is 276 g/mol. The van der Waals surface area contributed by atoms with Gasteiger partial charge in [-0.15, -0.1) is 4.28 Å². The van der Waals surface area contributed by atoms with E-state index in [4.69, 9.17) is 5.73 Å². The largest absolute Gasteiger partial charge is 0.366 e. The molecule has 0 aliphatic heterocycles. The lowest BCUT2D eigenvalue weighted by molar-refractivity contribution is -0.124. The van der Waals surface area contributed by atoms with Crippen LogP contribution in [-0.2, 0) is 24.0 Å². The molecule has 0 aromatic carbocycles. The van der Waals surface area contributed by atoms with Gasteiger partial charge in [0, 0.05) is 11.1 Å². The molecule has 0 fully saturated rings. The molecule has 3 N–H and O–H groups in total. The summed E-state index contributed by atoms with van der Waals surface area (Å²) < 4.78 is 26.9. The summed E-state index contributed by atoms with van der Waals surface area (Å²) in [5.41, 5.74) is 5.87. The molecule has 102 valence electrons. The van der Waals surface area contributed by atoms with Crippen LogP contribution in [0.1, 0.15) is 13.8 Å². The first-order valence-electron chi connectivity index (χ1n) is 4.96. The second-order valence-electron chi connectivity index (χ2n) is 3.95. The standard InChI is InChI=1S/C10H16N2O5S/c1-6(2)5-18(15,16)17-12-10(14)8(4)7(3)9(11)13/h6H,3-5H2,1-2H3,(H2,11,13)(H,12,14). The predicted molar refractivity (Wildman–Crippen MR) is 65.3 cm³/mol. The van der Waals surface area contributed by atoms with Crippen LogP contribution in [-0.4, -0.2) is 26.0 Å². The van der Waals surface area contributed by atoms with Crippen molar-refractivity contribution in [2.75, 3.05) is 5.75 Å². The summed E-state index contributed by atoms with van der Waals surface area (Å²) in [7, 11) is -3.87. The minimum absolute atomic E-state index is 0.157. The van der Waals surface area contributed by atoms with Crippen molar-refractivity contribution in [1.29, 1.82) is 0 Å². The van der Waals surface area contributed by atoms with E-state index in [1.54, 1.807) is 19.3 Å². The Hall–Kier alpha value is -1.67. The third-order valence-electron chi connectivity index (χ3n) is 1.73. The van der Waals surface area contributed by atoms with Crippen LogP contribution in [0, 0.1) is 5.92 Å². The number of amides is 2. The highest BCUT2D eigenvalue weighted by atomic mass is 32.2. The van der Waals surface area contributed by atoms with Gasteiger partial charge in [0.05, 0.1) is 5.75 Å². The number of nitrogens with one attached hydrogen (secondary N) is 1. The van der Waals surface area contributed by atoms with Gasteiger partial charge in [0.15, 0.2) is 0 Å². The molecule has 0 spiro atoms. The molecular formula is C10H16N2O5S. The summed E-state index contributed by atoms with van der Waals surface area (Å²) in [4.78, 5) is 22.1. The van der Waals surface area contributed by atoms with E-state index in [2.05, 4.69) is 17.4 Å². The van der Waals surface area contributed by atoms with Gasteiger partial charge in [-0.3, -0.25) is 9.59 Å². The summed E-state index contributed by atoms with van der Waals surface area (Å²) in [6.45, 7) is 9.83. The number of carbonyl (C=O) groups excluding carboxylic acids is 2. The molecular weight excluding hydrogens is 260 g/mol. The number of hydrogen-bond acceptors (Lipinski definition) is 5. The molecule has 0 aromatic heterocycles. The Morgan fingerprint density at radius 2 is 1.78 bits per heavy atom. The number of rotatable bonds is 7. The monoisotopic (exact) mass is 276 g/mol. The minimum Gasteiger partial charge on any atom is -0.366 e. The molecule has 0 atom stereocenters. The van der Waals surface area contributed by atoms with E-state index in [-0.39, 0.29) is 22.8 Å². The van der Waals surface area contributed by atoms with Crippen molar-refractivity contribution in [2.24, 2.45) is 11.7 Å². The number of hydroxylamine groups is 1. The second-order valence-corrected chi connectivity index (χ2v) is 5.57. The summed E-state index contributed by atoms with van der Waals surface area (Å²) in [5, 5.41) is 0. The fourth-order valence-corrected chi connectivity index (χ4v) is 1.98. The van der Waals surface area contributed by atoms with Crippen molar-refractivity contribution in [2.45, 2.75) is 13.8 Å². The van der Waals surface area contributed by atoms with Crippen LogP contribution in [0.2, 0.25) is 0 Å². The van der Waals surface area contributed by atoms with Crippen molar-refractivity contribution in [3.63, 3.8) is 0 Å². The van der Waals surface area contributed by atoms with Gasteiger partial charge < -0.3 is 5.73 Å². The smallest absolute Gasteiger partial charge is 0.288 e. The van der Waals surface area contributed by atoms with Gasteiger partial charge in [0.25, 0.3) is 16.0 Å². The van der Waals surface area contributed by atoms with Gasteiger partial charge in [0.1, 0.15) is 0 Å². The maximum absolute atomic E-state index is 11.4. The Bertz CT molecular complexity index is 478. The second kappa shape index (κ2) is 6.31. The third kappa shape index (κ3) is 5.60. The van der Waals surface area contributed by atoms with Crippen LogP contribution in [0.25, 0.3) is 0 Å². The zero-order chi connectivity index (χ0) is 14.5. The van der Waals surface area contributed by atoms with E-state index < -0.39 is 21.9 Å². The van der Waals surface area contributed by atoms with Crippen molar-refractivity contribution in [1.82, 2.24) is 5.48 Å². The lowest BCUT2D eigenvalue weighted by Crippen LogP contribution is -2.32. The number of carbonyl (C=O) groups is 2. The molecule has 8 heteroatoms. The van der Waals surface area contributed by atoms with Crippen LogP contribution < -0.4 is 11.2 Å². The lowest BCUT2D eigenvalue weighted by Gasteiger charge is -2.09. The first-order valence-corrected chi connectivity index (χ1v) is 6.54. The van der Waals surface area contributed by atoms with E-state index in [0.717, 1.165) is 0 Å². The summed E-state index contributed by atoms with van der Waals surface area (Å²) in [6, 6.07) is 0. The van der Waals surface area contributed by atoms with Crippen molar-refractivity contribution < 1.29 is 22.3 Å². The van der Waals surface area contributed by atoms with Crippen LogP contribution in [0.5, 0.6) is 0 Å². The van der Waals surface area contributed by atoms with E-state index in [9.17, 15) is 18.0 Å². The minimum atomic E-state index is -3.87. The molecule has 0 saturated heterocycles. The molecule has 0 radical (unpaired) electrons. The molecule has 0 aromatic rings. The van der Waals surface area contributed by atoms with E-state index in [0.29, 0.717) is 0 Å². The Morgan fingerprint density at radius 1 is 1.28 bits per heavy atom. The molecule has 18 heavy (non-hydrogen) atoms. The molecule has 0 aliphatic rings. The van der Waals surface area contributed by atoms with Crippen LogP contribution in [0.15, 0.2) is 24.3 Å². The number of primary amides is 1. The molecule has 0 heterocycles. The van der Waals surface area contributed by atoms with E-state index >= 15 is 0 Å². The highest BCUT2D eigenvalue weighted by molar-refractivity contribution is 7.86. The SMILES string of the molecule is C=C(C(=C)C(=O)NOS(=O)(=O)CC(C)C)C(N)=O. The Balaban J connectivity index is 4.49. The maximum atomic E-state index is 11.4. The summed E-state index contributed by atoms with van der Waals surface area (Å²) in [6.07, 6.45) is 0. The van der Waals surface area contributed by atoms with Crippen LogP contribution >= 0.6 is 0 Å². The predicted octanol–water partition coefficient (Wildman–Crippen LogP) is -0.382. The first kappa shape index (κ1) is 16.3. The van der Waals surface area contributed by atoms with Gasteiger partial charge >= 0.3 is 0 Å². The fourth-order valence-electron chi connectivity index (χ4n) is 0.891. The zero-order valence-electron chi connectivity index (χ0n) is 10.2. The Labute approximate surface area is 106 Å². The third-order valence-corrected chi connectivity index (χ3v) is 3.15. The van der Waals surface area contributed by atoms with Crippen LogP contribution in [0.4, 0.5) is 0 Å². The van der Waals surface area contributed by atoms with Crippen LogP contribution in [0.3, 0.4) is 0 Å². The van der Waals surface area contributed by atoms with E-state index in [1.807, 2.05) is 0 Å². The van der Waals surface area contributed by atoms with Gasteiger partial charge in [-0.1, -0.05) is 27.0 Å². The molecule has 0 rings (SSSR count). The van der Waals surface area contributed by atoms with Crippen molar-refractivity contribution in [3.05, 3.63) is 24.3 Å². The highest BCUT2D eigenvalue weighted by Crippen LogP contribution is 2.05. The molecule has 7 nitrogen and oxygen atoms in total. The van der Waals surface area contributed by atoms with Gasteiger partial charge in [-0.25, -0.2) is 5.48 Å². The summed E-state index contributed by atoms with van der Waals surface area (Å²) >= 11 is 0. The van der Waals surface area contributed by atoms with Gasteiger partial charge in [0.2, 0.25) is 5.91 Å². The quantitative estimate of drug-likeness (QED) is 0.373. The lowest BCUT2D eigenvalue weighted by atomic mass is 10.1. The topological polar surface area (TPSA) is 116 Å². The number of hydrogen-bond donors (Lipinski definition) is 2. The molecule has 0 unspecified atom stereocenters. The zero-order valence-corrected chi connectivity index (χ0v) is 11.0. The summed E-state index contributed by atoms with van der Waals surface area (Å²) in [5.74, 6) is -2.33.